The quantitative estimate of drug-likeness (QED) is 0.211. The molecule has 0 heterocycles. The normalized spacial score (nSPS) is 17.8. The van der Waals surface area contributed by atoms with E-state index < -0.39 is 0 Å². The van der Waals surface area contributed by atoms with Crippen LogP contribution in [-0.4, -0.2) is 12.1 Å². The number of anilines is 4. The van der Waals surface area contributed by atoms with E-state index in [1.807, 2.05) is 0 Å². The first-order valence-corrected chi connectivity index (χ1v) is 15.5. The summed E-state index contributed by atoms with van der Waals surface area (Å²) in [7, 11) is 0. The Morgan fingerprint density at radius 2 is 0.791 bits per heavy atom. The fourth-order valence-electron chi connectivity index (χ4n) is 6.07. The van der Waals surface area contributed by atoms with Gasteiger partial charge in [0.25, 0.3) is 0 Å². The number of rotatable bonds is 8. The maximum absolute atomic E-state index is 2.47. The van der Waals surface area contributed by atoms with Crippen molar-refractivity contribution in [2.24, 2.45) is 0 Å². The Balaban J connectivity index is 1.21. The topological polar surface area (TPSA) is 6.48 Å². The molecule has 2 aliphatic rings. The SMILES string of the molecule is CC1=CCC(N(c2ccc(C)cc2)c2ccc(Cc3ccc(N(c4ccc(C)cc4)C4C=CC(C)=CC4)cc3)cc2)C=C1. The summed E-state index contributed by atoms with van der Waals surface area (Å²) >= 11 is 0. The molecule has 0 amide bonds. The lowest BCUT2D eigenvalue weighted by Crippen LogP contribution is -2.30. The lowest BCUT2D eigenvalue weighted by molar-refractivity contribution is 0.779. The van der Waals surface area contributed by atoms with Crippen LogP contribution in [0.5, 0.6) is 0 Å². The molecule has 216 valence electrons. The van der Waals surface area contributed by atoms with Gasteiger partial charge in [-0.25, -0.2) is 0 Å². The summed E-state index contributed by atoms with van der Waals surface area (Å²) in [6.45, 7) is 8.64. The van der Waals surface area contributed by atoms with Gasteiger partial charge >= 0.3 is 0 Å². The third kappa shape index (κ3) is 6.75. The van der Waals surface area contributed by atoms with Crippen LogP contribution in [0.3, 0.4) is 0 Å². The van der Waals surface area contributed by atoms with Crippen molar-refractivity contribution in [3.63, 3.8) is 0 Å². The van der Waals surface area contributed by atoms with E-state index in [1.54, 1.807) is 0 Å². The number of hydrogen-bond donors (Lipinski definition) is 0. The monoisotopic (exact) mass is 562 g/mol. The maximum atomic E-state index is 2.47. The second-order valence-electron chi connectivity index (χ2n) is 12.1. The van der Waals surface area contributed by atoms with E-state index in [-0.39, 0.29) is 0 Å². The molecule has 0 bridgehead atoms. The number of nitrogens with zero attached hydrogens (tertiary/aromatic N) is 2. The lowest BCUT2D eigenvalue weighted by Gasteiger charge is -2.33. The van der Waals surface area contributed by atoms with Gasteiger partial charge in [0.15, 0.2) is 0 Å². The minimum Gasteiger partial charge on any atom is -0.334 e. The number of benzene rings is 4. The van der Waals surface area contributed by atoms with Crippen molar-refractivity contribution < 1.29 is 0 Å². The average Bonchev–Trinajstić information content (AvgIpc) is 3.03. The van der Waals surface area contributed by atoms with E-state index in [9.17, 15) is 0 Å². The van der Waals surface area contributed by atoms with E-state index in [4.69, 9.17) is 0 Å². The van der Waals surface area contributed by atoms with Gasteiger partial charge in [-0.2, -0.15) is 0 Å². The van der Waals surface area contributed by atoms with Crippen molar-refractivity contribution >= 4 is 22.7 Å². The summed E-state index contributed by atoms with van der Waals surface area (Å²) in [5.74, 6) is 0. The molecule has 0 fully saturated rings. The van der Waals surface area contributed by atoms with E-state index in [0.29, 0.717) is 12.1 Å². The molecule has 0 radical (unpaired) electrons. The van der Waals surface area contributed by atoms with E-state index in [2.05, 4.69) is 171 Å². The Kier molecular flexibility index (Phi) is 8.47. The van der Waals surface area contributed by atoms with Gasteiger partial charge in [-0.05, 0) is 107 Å². The highest BCUT2D eigenvalue weighted by molar-refractivity contribution is 5.67. The van der Waals surface area contributed by atoms with Crippen molar-refractivity contribution in [3.8, 4) is 0 Å². The molecule has 4 aromatic rings. The molecule has 0 saturated carbocycles. The summed E-state index contributed by atoms with van der Waals surface area (Å²) in [5.41, 5.74) is 12.8. The highest BCUT2D eigenvalue weighted by Crippen LogP contribution is 2.34. The Morgan fingerprint density at radius 1 is 0.465 bits per heavy atom. The Morgan fingerprint density at radius 3 is 1.09 bits per heavy atom. The molecular weight excluding hydrogens is 520 g/mol. The standard InChI is InChI=1S/C41H42N2/c1-30-5-17-36(18-6-30)42(37-19-7-31(2)8-20-37)40-25-13-34(14-26-40)29-35-15-27-41(28-16-35)43(38-21-9-32(3)10-22-38)39-23-11-33(4)12-24-39/h5-19,21-23,25-28,37,39H,20,24,29H2,1-4H3. The van der Waals surface area contributed by atoms with Crippen molar-refractivity contribution in [2.75, 3.05) is 9.80 Å². The van der Waals surface area contributed by atoms with Gasteiger partial charge in [0.2, 0.25) is 0 Å². The van der Waals surface area contributed by atoms with Gasteiger partial charge in [-0.1, -0.05) is 107 Å². The van der Waals surface area contributed by atoms with E-state index >= 15 is 0 Å². The summed E-state index contributed by atoms with van der Waals surface area (Å²) in [5, 5.41) is 0. The van der Waals surface area contributed by atoms with Gasteiger partial charge in [0, 0.05) is 22.7 Å². The molecule has 0 aliphatic heterocycles. The molecule has 0 saturated heterocycles. The molecule has 0 N–H and O–H groups in total. The minimum atomic E-state index is 0.305. The molecule has 4 aromatic carbocycles. The molecule has 2 aliphatic carbocycles. The van der Waals surface area contributed by atoms with Crippen LogP contribution in [0.15, 0.2) is 145 Å². The van der Waals surface area contributed by atoms with Gasteiger partial charge < -0.3 is 9.80 Å². The average molecular weight is 563 g/mol. The fourth-order valence-corrected chi connectivity index (χ4v) is 6.07. The molecular formula is C41H42N2. The van der Waals surface area contributed by atoms with Gasteiger partial charge in [-0.3, -0.25) is 0 Å². The summed E-state index contributed by atoms with van der Waals surface area (Å²) < 4.78 is 0. The molecule has 0 spiro atoms. The summed E-state index contributed by atoms with van der Waals surface area (Å²) in [4.78, 5) is 4.93. The predicted octanol–water partition coefficient (Wildman–Crippen LogP) is 10.7. The second-order valence-corrected chi connectivity index (χ2v) is 12.1. The number of aryl methyl sites for hydroxylation is 2. The third-order valence-corrected chi connectivity index (χ3v) is 8.65. The molecule has 2 atom stereocenters. The molecule has 0 aromatic heterocycles. The molecule has 2 heteroatoms. The fraction of sp³-hybridized carbons (Fsp3) is 0.220. The first-order chi connectivity index (χ1) is 20.9. The molecule has 43 heavy (non-hydrogen) atoms. The van der Waals surface area contributed by atoms with Crippen LogP contribution in [0.4, 0.5) is 22.7 Å². The first kappa shape index (κ1) is 28.6. The third-order valence-electron chi connectivity index (χ3n) is 8.65. The van der Waals surface area contributed by atoms with Crippen LogP contribution in [0.2, 0.25) is 0 Å². The minimum absolute atomic E-state index is 0.305. The van der Waals surface area contributed by atoms with Gasteiger partial charge in [0.1, 0.15) is 0 Å². The van der Waals surface area contributed by atoms with Crippen LogP contribution in [0.1, 0.15) is 48.9 Å². The van der Waals surface area contributed by atoms with Crippen molar-refractivity contribution in [1.82, 2.24) is 0 Å². The van der Waals surface area contributed by atoms with Crippen LogP contribution in [-0.2, 0) is 6.42 Å². The predicted molar refractivity (Wildman–Crippen MR) is 185 cm³/mol. The second kappa shape index (κ2) is 12.8. The smallest absolute Gasteiger partial charge is 0.0560 e. The Bertz CT molecular complexity index is 1520. The van der Waals surface area contributed by atoms with Crippen molar-refractivity contribution in [3.05, 3.63) is 167 Å². The summed E-state index contributed by atoms with van der Waals surface area (Å²) in [6, 6.07) is 36.7. The highest BCUT2D eigenvalue weighted by atomic mass is 15.2. The molecule has 6 rings (SSSR count). The Hall–Kier alpha value is -4.56. The first-order valence-electron chi connectivity index (χ1n) is 15.5. The van der Waals surface area contributed by atoms with Crippen LogP contribution < -0.4 is 9.80 Å². The van der Waals surface area contributed by atoms with Crippen LogP contribution >= 0.6 is 0 Å². The molecule has 2 unspecified atom stereocenters. The number of allylic oxidation sites excluding steroid dienone is 4. The van der Waals surface area contributed by atoms with Crippen molar-refractivity contribution in [1.29, 1.82) is 0 Å². The largest absolute Gasteiger partial charge is 0.334 e. The van der Waals surface area contributed by atoms with E-state index in [1.165, 1.54) is 56.1 Å². The zero-order valence-electron chi connectivity index (χ0n) is 25.9. The maximum Gasteiger partial charge on any atom is 0.0560 e. The van der Waals surface area contributed by atoms with Crippen LogP contribution in [0.25, 0.3) is 0 Å². The zero-order chi connectivity index (χ0) is 29.8. The Labute approximate surface area is 258 Å². The van der Waals surface area contributed by atoms with Crippen LogP contribution in [0, 0.1) is 13.8 Å². The van der Waals surface area contributed by atoms with E-state index in [0.717, 1.165) is 19.3 Å². The van der Waals surface area contributed by atoms with Crippen molar-refractivity contribution in [2.45, 2.75) is 59.0 Å². The zero-order valence-corrected chi connectivity index (χ0v) is 25.9. The van der Waals surface area contributed by atoms with Gasteiger partial charge in [-0.15, -0.1) is 0 Å². The number of hydrogen-bond acceptors (Lipinski definition) is 2. The van der Waals surface area contributed by atoms with Gasteiger partial charge in [0.05, 0.1) is 12.1 Å². The highest BCUT2D eigenvalue weighted by Gasteiger charge is 2.21. The molecule has 2 nitrogen and oxygen atoms in total. The summed E-state index contributed by atoms with van der Waals surface area (Å²) in [6.07, 6.45) is 16.8. The lowest BCUT2D eigenvalue weighted by atomic mass is 9.99.